The maximum atomic E-state index is 12.6. The topological polar surface area (TPSA) is 107 Å². The molecule has 0 amide bonds. The molecule has 0 bridgehead atoms. The molecule has 0 heterocycles. The highest BCUT2D eigenvalue weighted by molar-refractivity contribution is 7.85. The summed E-state index contributed by atoms with van der Waals surface area (Å²) in [5.74, 6) is -1.02. The Morgan fingerprint density at radius 1 is 1.07 bits per heavy atom. The number of rotatable bonds is 12. The number of hydrogen-bond donors (Lipinski definition) is 1. The molecule has 0 saturated heterocycles. The van der Waals surface area contributed by atoms with Crippen molar-refractivity contribution < 1.29 is 36.5 Å². The molecule has 8 nitrogen and oxygen atoms in total. The Hall–Kier alpha value is -1.19. The number of nitrogens with zero attached hydrogens (tertiary/aromatic N) is 1. The van der Waals surface area contributed by atoms with Crippen molar-refractivity contribution >= 4 is 22.1 Å². The lowest BCUT2D eigenvalue weighted by Crippen LogP contribution is -2.45. The molecule has 0 spiro atoms. The Morgan fingerprint density at radius 3 is 2.07 bits per heavy atom. The van der Waals surface area contributed by atoms with E-state index in [2.05, 4.69) is 0 Å². The van der Waals surface area contributed by atoms with Gasteiger partial charge in [-0.05, 0) is 33.6 Å². The zero-order valence-electron chi connectivity index (χ0n) is 17.7. The Morgan fingerprint density at radius 2 is 1.63 bits per heavy atom. The summed E-state index contributed by atoms with van der Waals surface area (Å²) < 4.78 is 41.1. The van der Waals surface area contributed by atoms with Crippen molar-refractivity contribution in [2.75, 3.05) is 46.7 Å². The Labute approximate surface area is 163 Å². The van der Waals surface area contributed by atoms with Gasteiger partial charge in [0.2, 0.25) is 0 Å². The first-order chi connectivity index (χ1) is 12.1. The van der Waals surface area contributed by atoms with Crippen molar-refractivity contribution in [3.8, 4) is 0 Å². The summed E-state index contributed by atoms with van der Waals surface area (Å²) in [6.07, 6.45) is 1.16. The molecule has 0 aromatic heterocycles. The highest BCUT2D eigenvalue weighted by Gasteiger charge is 2.42. The summed E-state index contributed by atoms with van der Waals surface area (Å²) in [6, 6.07) is 0. The molecule has 160 valence electrons. The average Bonchev–Trinajstić information content (AvgIpc) is 2.51. The van der Waals surface area contributed by atoms with Crippen LogP contribution in [0.1, 0.15) is 47.0 Å². The van der Waals surface area contributed by atoms with Crippen LogP contribution in [0.25, 0.3) is 0 Å². The molecule has 0 fully saturated rings. The van der Waals surface area contributed by atoms with Gasteiger partial charge in [-0.25, -0.2) is 0 Å². The number of carbonyl (C=O) groups is 2. The number of carbonyl (C=O) groups excluding carboxylic acids is 2. The molecule has 27 heavy (non-hydrogen) atoms. The Bertz CT molecular complexity index is 613. The van der Waals surface area contributed by atoms with Gasteiger partial charge in [0.1, 0.15) is 13.2 Å². The van der Waals surface area contributed by atoms with Gasteiger partial charge in [-0.15, -0.1) is 0 Å². The highest BCUT2D eigenvalue weighted by atomic mass is 32.2. The van der Waals surface area contributed by atoms with Gasteiger partial charge in [-0.3, -0.25) is 14.1 Å². The van der Waals surface area contributed by atoms with Crippen LogP contribution in [0.3, 0.4) is 0 Å². The minimum absolute atomic E-state index is 0.186. The zero-order chi connectivity index (χ0) is 21.5. The number of methoxy groups -OCH3 is 1. The summed E-state index contributed by atoms with van der Waals surface area (Å²) in [5, 5.41) is 0. The van der Waals surface area contributed by atoms with Crippen molar-refractivity contribution in [1.29, 1.82) is 0 Å². The van der Waals surface area contributed by atoms with Crippen LogP contribution in [0.4, 0.5) is 0 Å². The first kappa shape index (κ1) is 25.8. The van der Waals surface area contributed by atoms with Crippen molar-refractivity contribution in [3.63, 3.8) is 0 Å². The predicted molar refractivity (Wildman–Crippen MR) is 103 cm³/mol. The van der Waals surface area contributed by atoms with E-state index in [1.165, 1.54) is 7.11 Å². The van der Waals surface area contributed by atoms with E-state index in [9.17, 15) is 18.0 Å². The van der Waals surface area contributed by atoms with E-state index in [1.54, 1.807) is 20.8 Å². The van der Waals surface area contributed by atoms with Crippen molar-refractivity contribution in [2.45, 2.75) is 47.0 Å². The molecular formula is C18H36NO7S+. The summed E-state index contributed by atoms with van der Waals surface area (Å²) in [4.78, 5) is 24.6. The van der Waals surface area contributed by atoms with E-state index >= 15 is 0 Å². The molecular weight excluding hydrogens is 374 g/mol. The number of ether oxygens (including phenoxy) is 2. The van der Waals surface area contributed by atoms with E-state index in [-0.39, 0.29) is 24.3 Å². The lowest BCUT2D eigenvalue weighted by atomic mass is 9.72. The first-order valence-electron chi connectivity index (χ1n) is 9.11. The minimum atomic E-state index is -3.96. The lowest BCUT2D eigenvalue weighted by molar-refractivity contribution is -0.890. The molecule has 0 aliphatic heterocycles. The van der Waals surface area contributed by atoms with Gasteiger partial charge in [-0.1, -0.05) is 6.92 Å². The Kier molecular flexibility index (Phi) is 9.40. The minimum Gasteiger partial charge on any atom is -0.469 e. The van der Waals surface area contributed by atoms with Crippen LogP contribution in [0.15, 0.2) is 0 Å². The standard InChI is InChI=1S/C18H35NO7S/c1-8-18(4,14-17(2,3)15(20)25-7)16(21)26-12-11-19(5,6)10-9-13-27(22,23)24/h8-14H2,1-7H3/p+1. The SMILES string of the molecule is CCC(C)(CC(C)(C)C(=O)OC)C(=O)OCC[N+](C)(C)CCCS(=O)(=O)O. The maximum Gasteiger partial charge on any atom is 0.312 e. The number of esters is 2. The van der Waals surface area contributed by atoms with E-state index in [0.717, 1.165) is 0 Å². The second kappa shape index (κ2) is 9.84. The van der Waals surface area contributed by atoms with Crippen LogP contribution < -0.4 is 0 Å². The van der Waals surface area contributed by atoms with E-state index < -0.39 is 20.9 Å². The first-order valence-corrected chi connectivity index (χ1v) is 10.7. The highest BCUT2D eigenvalue weighted by Crippen LogP contribution is 2.38. The van der Waals surface area contributed by atoms with Crippen LogP contribution in [-0.2, 0) is 29.2 Å². The molecule has 0 aliphatic rings. The molecule has 0 radical (unpaired) electrons. The third kappa shape index (κ3) is 9.53. The van der Waals surface area contributed by atoms with E-state index in [4.69, 9.17) is 14.0 Å². The summed E-state index contributed by atoms with van der Waals surface area (Å²) >= 11 is 0. The molecule has 0 rings (SSSR count). The molecule has 9 heteroatoms. The third-order valence-corrected chi connectivity index (χ3v) is 5.74. The lowest BCUT2D eigenvalue weighted by Gasteiger charge is -2.34. The van der Waals surface area contributed by atoms with Gasteiger partial charge < -0.3 is 14.0 Å². The zero-order valence-corrected chi connectivity index (χ0v) is 18.5. The maximum absolute atomic E-state index is 12.6. The van der Waals surface area contributed by atoms with Crippen LogP contribution in [0.2, 0.25) is 0 Å². The molecule has 1 unspecified atom stereocenters. The van der Waals surface area contributed by atoms with Gasteiger partial charge in [0.05, 0.1) is 44.3 Å². The van der Waals surface area contributed by atoms with Crippen molar-refractivity contribution in [1.82, 2.24) is 0 Å². The van der Waals surface area contributed by atoms with Crippen molar-refractivity contribution in [3.05, 3.63) is 0 Å². The van der Waals surface area contributed by atoms with Gasteiger partial charge in [-0.2, -0.15) is 8.42 Å². The summed E-state index contributed by atoms with van der Waals surface area (Å²) in [7, 11) is 1.16. The van der Waals surface area contributed by atoms with Crippen LogP contribution in [-0.4, -0.2) is 76.0 Å². The molecule has 0 aromatic rings. The average molecular weight is 411 g/mol. The molecule has 0 saturated carbocycles. The smallest absolute Gasteiger partial charge is 0.312 e. The molecule has 0 aliphatic carbocycles. The predicted octanol–water partition coefficient (Wildman–Crippen LogP) is 1.89. The fourth-order valence-corrected chi connectivity index (χ4v) is 3.51. The normalized spacial score (nSPS) is 15.1. The van der Waals surface area contributed by atoms with Gasteiger partial charge in [0.25, 0.3) is 10.1 Å². The quantitative estimate of drug-likeness (QED) is 0.297. The van der Waals surface area contributed by atoms with Crippen LogP contribution in [0, 0.1) is 10.8 Å². The second-order valence-corrected chi connectivity index (χ2v) is 10.2. The fourth-order valence-electron chi connectivity index (χ4n) is 3.01. The third-order valence-electron chi connectivity index (χ3n) is 4.94. The Balaban J connectivity index is 4.70. The van der Waals surface area contributed by atoms with Crippen LogP contribution in [0.5, 0.6) is 0 Å². The van der Waals surface area contributed by atoms with E-state index in [1.807, 2.05) is 21.0 Å². The van der Waals surface area contributed by atoms with Crippen LogP contribution >= 0.6 is 0 Å². The fraction of sp³-hybridized carbons (Fsp3) is 0.889. The monoisotopic (exact) mass is 410 g/mol. The molecule has 0 aromatic carbocycles. The largest absolute Gasteiger partial charge is 0.469 e. The van der Waals surface area contributed by atoms with Gasteiger partial charge in [0.15, 0.2) is 0 Å². The number of likely N-dealkylation sites (N-methyl/N-ethyl adjacent to an activating group) is 1. The van der Waals surface area contributed by atoms with Crippen molar-refractivity contribution in [2.24, 2.45) is 10.8 Å². The van der Waals surface area contributed by atoms with Gasteiger partial charge >= 0.3 is 11.9 Å². The molecule has 1 N–H and O–H groups in total. The van der Waals surface area contributed by atoms with Gasteiger partial charge in [0, 0.05) is 6.42 Å². The number of hydrogen-bond acceptors (Lipinski definition) is 6. The second-order valence-electron chi connectivity index (χ2n) is 8.62. The van der Waals surface area contributed by atoms with E-state index in [0.29, 0.717) is 36.8 Å². The summed E-state index contributed by atoms with van der Waals surface area (Å²) in [5.41, 5.74) is -1.61. The summed E-state index contributed by atoms with van der Waals surface area (Å²) in [6.45, 7) is 8.38. The molecule has 1 atom stereocenters. The number of quaternary nitrogens is 1.